The number of nitrogen functional groups attached to an aromatic ring is 1. The molecule has 0 spiro atoms. The second-order valence-corrected chi connectivity index (χ2v) is 5.75. The minimum atomic E-state index is 0.0442. The number of likely N-dealkylation sites (tertiary alicyclic amines) is 1. The minimum Gasteiger partial charge on any atom is -0.396 e. The molecule has 1 amide bonds. The Labute approximate surface area is 135 Å². The zero-order chi connectivity index (χ0) is 16.1. The summed E-state index contributed by atoms with van der Waals surface area (Å²) in [5, 5.41) is 4.05. The SMILES string of the molecule is Nc1cnn(CC(=O)N2CCC[C@H](OCc3cccnc3)C2)c1. The highest BCUT2D eigenvalue weighted by atomic mass is 16.5. The van der Waals surface area contributed by atoms with Crippen LogP contribution in [0.4, 0.5) is 5.69 Å². The van der Waals surface area contributed by atoms with E-state index >= 15 is 0 Å². The van der Waals surface area contributed by atoms with Gasteiger partial charge < -0.3 is 15.4 Å². The molecule has 122 valence electrons. The van der Waals surface area contributed by atoms with E-state index in [-0.39, 0.29) is 18.6 Å². The number of nitrogens with zero attached hydrogens (tertiary/aromatic N) is 4. The first kappa shape index (κ1) is 15.5. The van der Waals surface area contributed by atoms with Crippen LogP contribution in [0.5, 0.6) is 0 Å². The zero-order valence-electron chi connectivity index (χ0n) is 13.0. The molecule has 2 aromatic rings. The zero-order valence-corrected chi connectivity index (χ0v) is 13.0. The summed E-state index contributed by atoms with van der Waals surface area (Å²) in [5.41, 5.74) is 7.22. The predicted molar refractivity (Wildman–Crippen MR) is 85.3 cm³/mol. The van der Waals surface area contributed by atoms with Crippen LogP contribution >= 0.6 is 0 Å². The standard InChI is InChI=1S/C16H21N5O2/c17-14-8-19-21(9-14)11-16(22)20-6-2-4-15(10-20)23-12-13-3-1-5-18-7-13/h1,3,5,7-9,15H,2,4,6,10-12,17H2/t15-/m0/s1. The Kier molecular flexibility index (Phi) is 4.87. The van der Waals surface area contributed by atoms with Crippen molar-refractivity contribution in [3.05, 3.63) is 42.5 Å². The average molecular weight is 315 g/mol. The van der Waals surface area contributed by atoms with Gasteiger partial charge in [0.1, 0.15) is 6.54 Å². The summed E-state index contributed by atoms with van der Waals surface area (Å²) in [6.07, 6.45) is 8.74. The molecule has 7 heteroatoms. The lowest BCUT2D eigenvalue weighted by Crippen LogP contribution is -2.44. The van der Waals surface area contributed by atoms with Crippen LogP contribution in [-0.4, -0.2) is 44.8 Å². The van der Waals surface area contributed by atoms with Gasteiger partial charge in [0.15, 0.2) is 0 Å². The van der Waals surface area contributed by atoms with E-state index in [2.05, 4.69) is 10.1 Å². The molecule has 0 aliphatic carbocycles. The topological polar surface area (TPSA) is 86.3 Å². The largest absolute Gasteiger partial charge is 0.396 e. The molecule has 1 fully saturated rings. The average Bonchev–Trinajstić information content (AvgIpc) is 2.99. The van der Waals surface area contributed by atoms with Gasteiger partial charge in [-0.25, -0.2) is 0 Å². The van der Waals surface area contributed by atoms with Crippen molar-refractivity contribution in [1.29, 1.82) is 0 Å². The van der Waals surface area contributed by atoms with Crippen molar-refractivity contribution in [2.75, 3.05) is 18.8 Å². The van der Waals surface area contributed by atoms with Gasteiger partial charge in [-0.2, -0.15) is 5.10 Å². The summed E-state index contributed by atoms with van der Waals surface area (Å²) in [5.74, 6) is 0.0442. The van der Waals surface area contributed by atoms with E-state index in [4.69, 9.17) is 10.5 Å². The number of anilines is 1. The van der Waals surface area contributed by atoms with Gasteiger partial charge in [-0.05, 0) is 24.5 Å². The normalized spacial score (nSPS) is 18.1. The molecule has 1 aliphatic heterocycles. The number of piperidine rings is 1. The van der Waals surface area contributed by atoms with Crippen molar-refractivity contribution >= 4 is 11.6 Å². The van der Waals surface area contributed by atoms with Crippen LogP contribution in [0.3, 0.4) is 0 Å². The third-order valence-electron chi connectivity index (χ3n) is 3.89. The fourth-order valence-corrected chi connectivity index (χ4v) is 2.70. The Morgan fingerprint density at radius 1 is 1.43 bits per heavy atom. The molecule has 0 aromatic carbocycles. The Morgan fingerprint density at radius 2 is 2.35 bits per heavy atom. The highest BCUT2D eigenvalue weighted by molar-refractivity contribution is 5.76. The second kappa shape index (κ2) is 7.23. The van der Waals surface area contributed by atoms with E-state index in [0.717, 1.165) is 24.9 Å². The molecule has 3 rings (SSSR count). The number of hydrogen-bond donors (Lipinski definition) is 1. The maximum Gasteiger partial charge on any atom is 0.244 e. The molecular weight excluding hydrogens is 294 g/mol. The van der Waals surface area contributed by atoms with Gasteiger partial charge in [0.2, 0.25) is 5.91 Å². The molecule has 0 bridgehead atoms. The van der Waals surface area contributed by atoms with Gasteiger partial charge in [-0.1, -0.05) is 6.07 Å². The van der Waals surface area contributed by atoms with Crippen molar-refractivity contribution in [1.82, 2.24) is 19.7 Å². The summed E-state index contributed by atoms with van der Waals surface area (Å²) in [4.78, 5) is 18.3. The number of nitrogens with two attached hydrogens (primary N) is 1. The van der Waals surface area contributed by atoms with Crippen LogP contribution in [0.25, 0.3) is 0 Å². The van der Waals surface area contributed by atoms with E-state index in [9.17, 15) is 4.79 Å². The van der Waals surface area contributed by atoms with Crippen LogP contribution in [0.1, 0.15) is 18.4 Å². The number of carbonyl (C=O) groups is 1. The van der Waals surface area contributed by atoms with Crippen molar-refractivity contribution in [2.24, 2.45) is 0 Å². The summed E-state index contributed by atoms with van der Waals surface area (Å²) in [6.45, 7) is 2.13. The van der Waals surface area contributed by atoms with Gasteiger partial charge in [-0.15, -0.1) is 0 Å². The first-order valence-corrected chi connectivity index (χ1v) is 7.77. The fourth-order valence-electron chi connectivity index (χ4n) is 2.70. The molecular formula is C16H21N5O2. The van der Waals surface area contributed by atoms with Gasteiger partial charge >= 0.3 is 0 Å². The van der Waals surface area contributed by atoms with E-state index in [1.807, 2.05) is 17.0 Å². The first-order valence-electron chi connectivity index (χ1n) is 7.77. The number of ether oxygens (including phenoxy) is 1. The van der Waals surface area contributed by atoms with Crippen LogP contribution in [0.15, 0.2) is 36.9 Å². The van der Waals surface area contributed by atoms with Crippen molar-refractivity contribution in [3.8, 4) is 0 Å². The molecule has 23 heavy (non-hydrogen) atoms. The molecule has 2 N–H and O–H groups in total. The van der Waals surface area contributed by atoms with Crippen LogP contribution in [0, 0.1) is 0 Å². The van der Waals surface area contributed by atoms with Gasteiger partial charge in [0.05, 0.1) is 24.6 Å². The number of pyridine rings is 1. The molecule has 2 aromatic heterocycles. The minimum absolute atomic E-state index is 0.0442. The van der Waals surface area contributed by atoms with Crippen LogP contribution in [-0.2, 0) is 22.7 Å². The van der Waals surface area contributed by atoms with E-state index in [0.29, 0.717) is 18.8 Å². The first-order chi connectivity index (χ1) is 11.2. The second-order valence-electron chi connectivity index (χ2n) is 5.75. The number of amides is 1. The third-order valence-corrected chi connectivity index (χ3v) is 3.89. The maximum atomic E-state index is 12.4. The molecule has 1 aliphatic rings. The third kappa shape index (κ3) is 4.29. The Hall–Kier alpha value is -2.41. The highest BCUT2D eigenvalue weighted by Crippen LogP contribution is 2.15. The van der Waals surface area contributed by atoms with Crippen LogP contribution < -0.4 is 5.73 Å². The smallest absolute Gasteiger partial charge is 0.244 e. The lowest BCUT2D eigenvalue weighted by Gasteiger charge is -2.32. The molecule has 7 nitrogen and oxygen atoms in total. The molecule has 0 radical (unpaired) electrons. The number of aromatic nitrogens is 3. The molecule has 1 atom stereocenters. The number of rotatable bonds is 5. The number of carbonyl (C=O) groups excluding carboxylic acids is 1. The fraction of sp³-hybridized carbons (Fsp3) is 0.438. The predicted octanol–water partition coefficient (Wildman–Crippen LogP) is 1.07. The van der Waals surface area contributed by atoms with Crippen LogP contribution in [0.2, 0.25) is 0 Å². The molecule has 0 unspecified atom stereocenters. The van der Waals surface area contributed by atoms with Gasteiger partial charge in [0, 0.05) is 31.7 Å². The Balaban J connectivity index is 1.50. The lowest BCUT2D eigenvalue weighted by atomic mass is 10.1. The van der Waals surface area contributed by atoms with E-state index in [1.54, 1.807) is 29.5 Å². The highest BCUT2D eigenvalue weighted by Gasteiger charge is 2.24. The molecule has 3 heterocycles. The Morgan fingerprint density at radius 3 is 3.09 bits per heavy atom. The quantitative estimate of drug-likeness (QED) is 0.892. The number of hydrogen-bond acceptors (Lipinski definition) is 5. The molecule has 0 saturated carbocycles. The van der Waals surface area contributed by atoms with E-state index in [1.165, 1.54) is 0 Å². The van der Waals surface area contributed by atoms with Crippen molar-refractivity contribution in [2.45, 2.75) is 32.1 Å². The maximum absolute atomic E-state index is 12.4. The monoisotopic (exact) mass is 315 g/mol. The molecule has 1 saturated heterocycles. The van der Waals surface area contributed by atoms with Gasteiger partial charge in [-0.3, -0.25) is 14.5 Å². The van der Waals surface area contributed by atoms with Gasteiger partial charge in [0.25, 0.3) is 0 Å². The lowest BCUT2D eigenvalue weighted by molar-refractivity contribution is -0.136. The Bertz CT molecular complexity index is 643. The van der Waals surface area contributed by atoms with Crippen molar-refractivity contribution in [3.63, 3.8) is 0 Å². The summed E-state index contributed by atoms with van der Waals surface area (Å²) >= 11 is 0. The van der Waals surface area contributed by atoms with Crippen molar-refractivity contribution < 1.29 is 9.53 Å². The summed E-state index contributed by atoms with van der Waals surface area (Å²) in [6, 6.07) is 3.88. The summed E-state index contributed by atoms with van der Waals surface area (Å²) in [7, 11) is 0. The van der Waals surface area contributed by atoms with E-state index < -0.39 is 0 Å². The summed E-state index contributed by atoms with van der Waals surface area (Å²) < 4.78 is 7.49.